The van der Waals surface area contributed by atoms with Crippen LogP contribution in [0.2, 0.25) is 0 Å². The SMILES string of the molecule is CC(O)C(CO)OC(C)n1cc(O)c(=O)[nH]c1=O. The number of hydrogen-bond acceptors (Lipinski definition) is 6. The highest BCUT2D eigenvalue weighted by atomic mass is 16.5. The van der Waals surface area contributed by atoms with Gasteiger partial charge in [-0.15, -0.1) is 0 Å². The molecule has 0 aliphatic heterocycles. The van der Waals surface area contributed by atoms with Gasteiger partial charge in [-0.05, 0) is 13.8 Å². The van der Waals surface area contributed by atoms with Crippen molar-refractivity contribution in [1.82, 2.24) is 9.55 Å². The number of aliphatic hydroxyl groups is 2. The van der Waals surface area contributed by atoms with Crippen LogP contribution in [0.4, 0.5) is 0 Å². The number of rotatable bonds is 5. The van der Waals surface area contributed by atoms with E-state index in [1.165, 1.54) is 13.8 Å². The van der Waals surface area contributed by atoms with Gasteiger partial charge in [0.2, 0.25) is 0 Å². The van der Waals surface area contributed by atoms with E-state index in [-0.39, 0.29) is 0 Å². The summed E-state index contributed by atoms with van der Waals surface area (Å²) in [4.78, 5) is 24.3. The topological polar surface area (TPSA) is 125 Å². The van der Waals surface area contributed by atoms with Crippen molar-refractivity contribution >= 4 is 0 Å². The fraction of sp³-hybridized carbons (Fsp3) is 0.600. The molecule has 0 radical (unpaired) electrons. The van der Waals surface area contributed by atoms with Crippen molar-refractivity contribution < 1.29 is 20.1 Å². The van der Waals surface area contributed by atoms with Gasteiger partial charge in [0.05, 0.1) is 18.9 Å². The van der Waals surface area contributed by atoms with Crippen molar-refractivity contribution in [3.05, 3.63) is 27.0 Å². The number of aromatic hydroxyl groups is 1. The number of aromatic amines is 1. The van der Waals surface area contributed by atoms with Crippen LogP contribution in [0.3, 0.4) is 0 Å². The predicted octanol–water partition coefficient (Wildman–Crippen LogP) is -1.48. The molecule has 0 spiro atoms. The Kier molecular flexibility index (Phi) is 4.65. The van der Waals surface area contributed by atoms with Crippen molar-refractivity contribution in [1.29, 1.82) is 0 Å². The fourth-order valence-electron chi connectivity index (χ4n) is 1.37. The zero-order valence-electron chi connectivity index (χ0n) is 10.0. The van der Waals surface area contributed by atoms with E-state index >= 15 is 0 Å². The molecule has 0 fully saturated rings. The first-order valence-corrected chi connectivity index (χ1v) is 5.35. The molecule has 0 bridgehead atoms. The lowest BCUT2D eigenvalue weighted by Gasteiger charge is -2.23. The van der Waals surface area contributed by atoms with Gasteiger partial charge in [-0.1, -0.05) is 0 Å². The summed E-state index contributed by atoms with van der Waals surface area (Å²) in [5.74, 6) is -0.623. The second-order valence-electron chi connectivity index (χ2n) is 3.88. The fourth-order valence-corrected chi connectivity index (χ4v) is 1.37. The lowest BCUT2D eigenvalue weighted by atomic mass is 10.2. The van der Waals surface area contributed by atoms with Gasteiger partial charge >= 0.3 is 5.69 Å². The van der Waals surface area contributed by atoms with Crippen LogP contribution >= 0.6 is 0 Å². The third-order valence-electron chi connectivity index (χ3n) is 2.43. The molecule has 0 amide bonds. The predicted molar refractivity (Wildman–Crippen MR) is 61.3 cm³/mol. The van der Waals surface area contributed by atoms with Crippen LogP contribution in [0, 0.1) is 0 Å². The Balaban J connectivity index is 2.97. The van der Waals surface area contributed by atoms with Crippen molar-refractivity contribution in [3.63, 3.8) is 0 Å². The smallest absolute Gasteiger partial charge is 0.330 e. The van der Waals surface area contributed by atoms with Gasteiger partial charge in [-0.3, -0.25) is 14.3 Å². The molecule has 0 aliphatic rings. The van der Waals surface area contributed by atoms with E-state index in [4.69, 9.17) is 9.84 Å². The van der Waals surface area contributed by atoms with E-state index in [0.717, 1.165) is 10.8 Å². The summed E-state index contributed by atoms with van der Waals surface area (Å²) >= 11 is 0. The molecule has 1 heterocycles. The molecule has 4 N–H and O–H groups in total. The van der Waals surface area contributed by atoms with E-state index in [0.29, 0.717) is 0 Å². The van der Waals surface area contributed by atoms with Gasteiger partial charge in [0, 0.05) is 0 Å². The summed E-state index contributed by atoms with van der Waals surface area (Å²) in [5, 5.41) is 27.5. The van der Waals surface area contributed by atoms with Crippen molar-refractivity contribution in [2.75, 3.05) is 6.61 Å². The van der Waals surface area contributed by atoms with Crippen LogP contribution in [-0.2, 0) is 4.74 Å². The number of ether oxygens (including phenoxy) is 1. The second-order valence-corrected chi connectivity index (χ2v) is 3.88. The molecule has 1 aromatic rings. The van der Waals surface area contributed by atoms with E-state index in [2.05, 4.69) is 0 Å². The molecule has 102 valence electrons. The Morgan fingerprint density at radius 3 is 2.56 bits per heavy atom. The first kappa shape index (κ1) is 14.4. The third-order valence-corrected chi connectivity index (χ3v) is 2.43. The third kappa shape index (κ3) is 3.19. The van der Waals surface area contributed by atoms with E-state index in [1.54, 1.807) is 0 Å². The molecule has 18 heavy (non-hydrogen) atoms. The summed E-state index contributed by atoms with van der Waals surface area (Å²) in [5.41, 5.74) is -1.65. The van der Waals surface area contributed by atoms with E-state index in [1.807, 2.05) is 4.98 Å². The molecule has 1 rings (SSSR count). The molecule has 8 nitrogen and oxygen atoms in total. The minimum Gasteiger partial charge on any atom is -0.502 e. The Labute approximate surface area is 102 Å². The lowest BCUT2D eigenvalue weighted by molar-refractivity contribution is -0.113. The molecular formula is C10H16N2O6. The molecular weight excluding hydrogens is 244 g/mol. The quantitative estimate of drug-likeness (QED) is 0.511. The molecule has 3 atom stereocenters. The highest BCUT2D eigenvalue weighted by molar-refractivity contribution is 5.09. The van der Waals surface area contributed by atoms with Crippen molar-refractivity contribution in [3.8, 4) is 5.75 Å². The molecule has 3 unspecified atom stereocenters. The normalized spacial score (nSPS) is 16.2. The average Bonchev–Trinajstić information content (AvgIpc) is 2.29. The number of H-pyrrole nitrogens is 1. The first-order chi connectivity index (χ1) is 8.36. The Morgan fingerprint density at radius 1 is 1.44 bits per heavy atom. The summed E-state index contributed by atoms with van der Waals surface area (Å²) < 4.78 is 6.20. The maximum atomic E-state index is 11.5. The van der Waals surface area contributed by atoms with Crippen LogP contribution in [0.25, 0.3) is 0 Å². The van der Waals surface area contributed by atoms with Gasteiger partial charge in [0.25, 0.3) is 5.56 Å². The van der Waals surface area contributed by atoms with E-state index in [9.17, 15) is 19.8 Å². The molecule has 8 heteroatoms. The molecule has 0 saturated heterocycles. The lowest BCUT2D eigenvalue weighted by Crippen LogP contribution is -2.37. The summed E-state index contributed by atoms with van der Waals surface area (Å²) in [7, 11) is 0. The highest BCUT2D eigenvalue weighted by Gasteiger charge is 2.19. The average molecular weight is 260 g/mol. The number of aliphatic hydroxyl groups excluding tert-OH is 2. The van der Waals surface area contributed by atoms with Gasteiger partial charge in [0.15, 0.2) is 5.75 Å². The van der Waals surface area contributed by atoms with E-state index < -0.39 is 42.0 Å². The van der Waals surface area contributed by atoms with Crippen molar-refractivity contribution in [2.24, 2.45) is 0 Å². The number of nitrogens with one attached hydrogen (secondary N) is 1. The Hall–Kier alpha value is -1.64. The van der Waals surface area contributed by atoms with Crippen LogP contribution in [0.15, 0.2) is 15.8 Å². The molecule has 0 aromatic carbocycles. The molecule has 0 saturated carbocycles. The van der Waals surface area contributed by atoms with Crippen LogP contribution < -0.4 is 11.2 Å². The van der Waals surface area contributed by atoms with Crippen LogP contribution in [-0.4, -0.2) is 43.7 Å². The largest absolute Gasteiger partial charge is 0.502 e. The van der Waals surface area contributed by atoms with Gasteiger partial charge in [0.1, 0.15) is 12.3 Å². The maximum Gasteiger partial charge on any atom is 0.330 e. The zero-order chi connectivity index (χ0) is 13.9. The standard InChI is InChI=1S/C10H16N2O6/c1-5(14)8(4-13)18-6(2)12-3-7(15)9(16)11-10(12)17/h3,5-6,8,13-15H,4H2,1-2H3,(H,11,16,17). The minimum atomic E-state index is -0.926. The summed E-state index contributed by atoms with van der Waals surface area (Å²) in [6, 6.07) is 0. The zero-order valence-corrected chi connectivity index (χ0v) is 10.0. The first-order valence-electron chi connectivity index (χ1n) is 5.35. The monoisotopic (exact) mass is 260 g/mol. The maximum absolute atomic E-state index is 11.5. The summed E-state index contributed by atoms with van der Waals surface area (Å²) in [6.45, 7) is 2.48. The number of hydrogen-bond donors (Lipinski definition) is 4. The van der Waals surface area contributed by atoms with Crippen molar-refractivity contribution in [2.45, 2.75) is 32.3 Å². The van der Waals surface area contributed by atoms with Crippen LogP contribution in [0.5, 0.6) is 5.75 Å². The molecule has 0 aliphatic carbocycles. The number of nitrogens with zero attached hydrogens (tertiary/aromatic N) is 1. The number of aromatic nitrogens is 2. The van der Waals surface area contributed by atoms with Gasteiger partial charge in [-0.25, -0.2) is 4.79 Å². The van der Waals surface area contributed by atoms with Gasteiger partial charge < -0.3 is 20.1 Å². The molecule has 1 aromatic heterocycles. The van der Waals surface area contributed by atoms with Gasteiger partial charge in [-0.2, -0.15) is 0 Å². The minimum absolute atomic E-state index is 0.425. The Morgan fingerprint density at radius 2 is 2.06 bits per heavy atom. The Bertz CT molecular complexity index is 506. The summed E-state index contributed by atoms with van der Waals surface area (Å²) in [6.07, 6.45) is -1.74. The highest BCUT2D eigenvalue weighted by Crippen LogP contribution is 2.11. The van der Waals surface area contributed by atoms with Crippen LogP contribution in [0.1, 0.15) is 20.1 Å². The second kappa shape index (κ2) is 5.80.